The first-order chi connectivity index (χ1) is 13.1. The number of nitrogens with one attached hydrogen (secondary N) is 2. The molecule has 148 valence electrons. The minimum Gasteiger partial charge on any atom is -0.453 e. The molecule has 8 nitrogen and oxygen atoms in total. The Morgan fingerprint density at radius 1 is 1.21 bits per heavy atom. The van der Waals surface area contributed by atoms with Crippen molar-refractivity contribution in [1.82, 2.24) is 9.97 Å². The van der Waals surface area contributed by atoms with E-state index in [1.54, 1.807) is 12.4 Å². The van der Waals surface area contributed by atoms with Crippen molar-refractivity contribution in [3.05, 3.63) is 47.4 Å². The molecule has 0 aliphatic heterocycles. The number of amides is 1. The van der Waals surface area contributed by atoms with Crippen molar-refractivity contribution in [1.29, 1.82) is 0 Å². The average molecular weight is 401 g/mol. The summed E-state index contributed by atoms with van der Waals surface area (Å²) in [7, 11) is 1.29. The highest BCUT2D eigenvalue weighted by molar-refractivity contribution is 7.80. The molecule has 1 amide bonds. The van der Waals surface area contributed by atoms with Gasteiger partial charge in [-0.1, -0.05) is 20.8 Å². The Bertz CT molecular complexity index is 921. The van der Waals surface area contributed by atoms with Crippen molar-refractivity contribution < 1.29 is 9.53 Å². The third-order valence-corrected chi connectivity index (χ3v) is 3.99. The van der Waals surface area contributed by atoms with Gasteiger partial charge in [0.15, 0.2) is 16.8 Å². The number of anilines is 2. The van der Waals surface area contributed by atoms with Gasteiger partial charge in [-0.3, -0.25) is 10.3 Å². The lowest BCUT2D eigenvalue weighted by atomic mass is 9.86. The molecule has 0 aliphatic rings. The summed E-state index contributed by atoms with van der Waals surface area (Å²) in [6, 6.07) is 5.50. The average Bonchev–Trinajstić information content (AvgIpc) is 2.61. The molecule has 0 unspecified atom stereocenters. The smallest absolute Gasteiger partial charge is 0.411 e. The third-order valence-electron chi connectivity index (χ3n) is 3.80. The van der Waals surface area contributed by atoms with E-state index in [0.29, 0.717) is 17.2 Å². The van der Waals surface area contributed by atoms with Crippen LogP contribution in [0.15, 0.2) is 35.6 Å². The zero-order valence-corrected chi connectivity index (χ0v) is 17.3. The Hall–Kier alpha value is -3.07. The first-order valence-electron chi connectivity index (χ1n) is 8.54. The molecule has 0 atom stereocenters. The molecule has 28 heavy (non-hydrogen) atoms. The zero-order chi connectivity index (χ0) is 20.9. The number of hydrogen-bond acceptors (Lipinski definition) is 5. The highest BCUT2D eigenvalue weighted by Gasteiger charge is 2.23. The number of methoxy groups -OCH3 is 1. The van der Waals surface area contributed by atoms with Crippen molar-refractivity contribution in [3.8, 4) is 0 Å². The van der Waals surface area contributed by atoms with Crippen LogP contribution in [0.5, 0.6) is 0 Å². The number of thiocarbonyl (C=S) groups is 1. The van der Waals surface area contributed by atoms with Gasteiger partial charge in [-0.2, -0.15) is 0 Å². The van der Waals surface area contributed by atoms with Gasteiger partial charge in [0.1, 0.15) is 5.69 Å². The van der Waals surface area contributed by atoms with E-state index in [0.717, 1.165) is 11.1 Å². The van der Waals surface area contributed by atoms with Crippen LogP contribution in [0.2, 0.25) is 0 Å². The fraction of sp³-hybridized carbons (Fsp3) is 0.316. The Kier molecular flexibility index (Phi) is 6.63. The Labute approximate surface area is 169 Å². The van der Waals surface area contributed by atoms with E-state index < -0.39 is 6.09 Å². The van der Waals surface area contributed by atoms with Gasteiger partial charge < -0.3 is 15.8 Å². The maximum Gasteiger partial charge on any atom is 0.411 e. The van der Waals surface area contributed by atoms with Gasteiger partial charge in [0, 0.05) is 12.4 Å². The number of aryl methyl sites for hydroxylation is 1. The van der Waals surface area contributed by atoms with E-state index in [9.17, 15) is 4.79 Å². The summed E-state index contributed by atoms with van der Waals surface area (Å²) in [5.74, 6) is 0.521. The first-order valence-corrected chi connectivity index (χ1v) is 8.95. The van der Waals surface area contributed by atoms with Gasteiger partial charge in [-0.05, 0) is 53.9 Å². The maximum atomic E-state index is 11.8. The van der Waals surface area contributed by atoms with Gasteiger partial charge in [0.2, 0.25) is 0 Å². The van der Waals surface area contributed by atoms with Gasteiger partial charge in [-0.25, -0.2) is 14.8 Å². The maximum absolute atomic E-state index is 11.8. The van der Waals surface area contributed by atoms with Crippen molar-refractivity contribution in [3.63, 3.8) is 0 Å². The zero-order valence-electron chi connectivity index (χ0n) is 16.5. The molecule has 0 aliphatic carbocycles. The molecule has 0 saturated carbocycles. The summed E-state index contributed by atoms with van der Waals surface area (Å²) < 4.78 is 4.72. The molecule has 0 aromatic carbocycles. The summed E-state index contributed by atoms with van der Waals surface area (Å²) in [5.41, 5.74) is 8.60. The van der Waals surface area contributed by atoms with E-state index >= 15 is 0 Å². The van der Waals surface area contributed by atoms with Crippen LogP contribution in [-0.4, -0.2) is 34.1 Å². The van der Waals surface area contributed by atoms with E-state index in [1.165, 1.54) is 7.11 Å². The number of pyridine rings is 2. The Morgan fingerprint density at radius 2 is 1.89 bits per heavy atom. The van der Waals surface area contributed by atoms with E-state index in [4.69, 9.17) is 22.7 Å². The minimum absolute atomic E-state index is 0.0901. The van der Waals surface area contributed by atoms with Crippen LogP contribution in [0.25, 0.3) is 0 Å². The number of aromatic nitrogens is 2. The number of nitrogens with two attached hydrogens (primary N) is 1. The molecule has 0 radical (unpaired) electrons. The number of amidine groups is 1. The highest BCUT2D eigenvalue weighted by atomic mass is 32.1. The molecular formula is C19H24N6O2S. The van der Waals surface area contributed by atoms with Crippen LogP contribution in [0.3, 0.4) is 0 Å². The van der Waals surface area contributed by atoms with Gasteiger partial charge in [0.05, 0.1) is 12.8 Å². The van der Waals surface area contributed by atoms with Crippen LogP contribution in [0.1, 0.15) is 37.6 Å². The first kappa shape index (κ1) is 21.2. The number of carbonyl (C=O) groups is 1. The molecule has 0 saturated heterocycles. The van der Waals surface area contributed by atoms with Gasteiger partial charge >= 0.3 is 6.09 Å². The van der Waals surface area contributed by atoms with Crippen LogP contribution >= 0.6 is 12.2 Å². The van der Waals surface area contributed by atoms with Crippen molar-refractivity contribution in [2.75, 3.05) is 17.7 Å². The predicted octanol–water partition coefficient (Wildman–Crippen LogP) is 3.36. The second-order valence-corrected chi connectivity index (χ2v) is 7.48. The summed E-state index contributed by atoms with van der Waals surface area (Å²) in [6.45, 7) is 7.99. The fourth-order valence-electron chi connectivity index (χ4n) is 2.43. The monoisotopic (exact) mass is 400 g/mol. The molecule has 2 aromatic heterocycles. The van der Waals surface area contributed by atoms with Crippen LogP contribution < -0.4 is 16.4 Å². The van der Waals surface area contributed by atoms with E-state index in [1.807, 2.05) is 45.9 Å². The molecule has 0 spiro atoms. The van der Waals surface area contributed by atoms with Crippen LogP contribution in [-0.2, 0) is 10.2 Å². The standard InChI is InChI=1S/C19H24N6O2S/c1-11-6-8-21-13(10-11)15(20)24-17(28)25-16-14(23-18(26)27-5)12(7-9-22-16)19(2,3)4/h6-10H,1-5H3,(H,23,26)(H3,20,22,24,25,28). The SMILES string of the molecule is COC(=O)Nc1c(C(C)(C)C)ccnc1NC(=S)/N=C(\N)c1cc(C)ccn1. The lowest BCUT2D eigenvalue weighted by molar-refractivity contribution is 0.187. The van der Waals surface area contributed by atoms with E-state index in [2.05, 4.69) is 25.6 Å². The van der Waals surface area contributed by atoms with Crippen LogP contribution in [0.4, 0.5) is 16.3 Å². The minimum atomic E-state index is -0.612. The number of ether oxygens (including phenoxy) is 1. The largest absolute Gasteiger partial charge is 0.453 e. The number of aliphatic imine (C=N–C) groups is 1. The van der Waals surface area contributed by atoms with Gasteiger partial charge in [-0.15, -0.1) is 0 Å². The molecule has 9 heteroatoms. The summed E-state index contributed by atoms with van der Waals surface area (Å²) >= 11 is 5.29. The Morgan fingerprint density at radius 3 is 2.50 bits per heavy atom. The fourth-order valence-corrected chi connectivity index (χ4v) is 2.63. The highest BCUT2D eigenvalue weighted by Crippen LogP contribution is 2.33. The molecule has 4 N–H and O–H groups in total. The summed E-state index contributed by atoms with van der Waals surface area (Å²) in [5, 5.41) is 5.71. The molecule has 2 aromatic rings. The molecule has 2 rings (SSSR count). The summed E-state index contributed by atoms with van der Waals surface area (Å²) in [6.07, 6.45) is 2.67. The lowest BCUT2D eigenvalue weighted by Crippen LogP contribution is -2.23. The molecule has 2 heterocycles. The number of nitrogens with zero attached hydrogens (tertiary/aromatic N) is 3. The Balaban J connectivity index is 2.35. The number of rotatable bonds is 3. The second-order valence-electron chi connectivity index (χ2n) is 7.09. The normalized spacial score (nSPS) is 11.7. The molecule has 0 bridgehead atoms. The second kappa shape index (κ2) is 8.75. The summed E-state index contributed by atoms with van der Waals surface area (Å²) in [4.78, 5) is 24.5. The molecule has 0 fully saturated rings. The molecular weight excluding hydrogens is 376 g/mol. The lowest BCUT2D eigenvalue weighted by Gasteiger charge is -2.24. The van der Waals surface area contributed by atoms with Crippen molar-refractivity contribution >= 4 is 40.8 Å². The topological polar surface area (TPSA) is 115 Å². The van der Waals surface area contributed by atoms with Crippen molar-refractivity contribution in [2.45, 2.75) is 33.1 Å². The quantitative estimate of drug-likeness (QED) is 0.411. The third kappa shape index (κ3) is 5.46. The number of hydrogen-bond donors (Lipinski definition) is 3. The van der Waals surface area contributed by atoms with Crippen molar-refractivity contribution in [2.24, 2.45) is 10.7 Å². The number of carbonyl (C=O) groups excluding carboxylic acids is 1. The van der Waals surface area contributed by atoms with Crippen LogP contribution in [0, 0.1) is 6.92 Å². The predicted molar refractivity (Wildman–Crippen MR) is 115 cm³/mol. The van der Waals surface area contributed by atoms with E-state index in [-0.39, 0.29) is 16.4 Å². The van der Waals surface area contributed by atoms with Gasteiger partial charge in [0.25, 0.3) is 0 Å².